The van der Waals surface area contributed by atoms with Gasteiger partial charge in [0.15, 0.2) is 0 Å². The van der Waals surface area contributed by atoms with Crippen LogP contribution in [0.1, 0.15) is 79.6 Å². The van der Waals surface area contributed by atoms with Gasteiger partial charge in [0.25, 0.3) is 0 Å². The predicted molar refractivity (Wildman–Crippen MR) is 92.7 cm³/mol. The molecule has 0 aromatic heterocycles. The van der Waals surface area contributed by atoms with Crippen molar-refractivity contribution in [1.29, 1.82) is 0 Å². The molecule has 1 aliphatic rings. The number of methoxy groups -OCH3 is 1. The first-order valence-electron chi connectivity index (χ1n) is 9.18. The Morgan fingerprint density at radius 3 is 2.14 bits per heavy atom. The van der Waals surface area contributed by atoms with Gasteiger partial charge >= 0.3 is 0 Å². The highest BCUT2D eigenvalue weighted by Gasteiger charge is 2.29. The van der Waals surface area contributed by atoms with Crippen LogP contribution < -0.4 is 5.32 Å². The molecule has 0 aliphatic heterocycles. The molecule has 1 aliphatic carbocycles. The van der Waals surface area contributed by atoms with Gasteiger partial charge in [-0.3, -0.25) is 0 Å². The normalized spacial score (nSPS) is 25.3. The molecule has 1 atom stereocenters. The lowest BCUT2D eigenvalue weighted by atomic mass is 9.73. The Morgan fingerprint density at radius 2 is 1.67 bits per heavy atom. The third-order valence-electron chi connectivity index (χ3n) is 5.59. The minimum absolute atomic E-state index is 0.0152. The molecule has 2 nitrogen and oxygen atoms in total. The molecule has 0 saturated heterocycles. The van der Waals surface area contributed by atoms with E-state index >= 15 is 0 Å². The molecule has 1 unspecified atom stereocenters. The molecular weight excluding hydrogens is 258 g/mol. The van der Waals surface area contributed by atoms with E-state index in [0.717, 1.165) is 30.7 Å². The summed E-state index contributed by atoms with van der Waals surface area (Å²) in [5.74, 6) is 2.70. The van der Waals surface area contributed by atoms with E-state index in [1.54, 1.807) is 0 Å². The van der Waals surface area contributed by atoms with E-state index in [9.17, 15) is 0 Å². The van der Waals surface area contributed by atoms with Gasteiger partial charge in [-0.25, -0.2) is 0 Å². The number of hydrogen-bond acceptors (Lipinski definition) is 2. The molecule has 1 saturated carbocycles. The van der Waals surface area contributed by atoms with Crippen LogP contribution in [0, 0.1) is 17.8 Å². The van der Waals surface area contributed by atoms with Gasteiger partial charge in [-0.05, 0) is 83.1 Å². The van der Waals surface area contributed by atoms with Gasteiger partial charge in [-0.2, -0.15) is 0 Å². The Morgan fingerprint density at radius 1 is 1.10 bits per heavy atom. The maximum absolute atomic E-state index is 5.60. The fourth-order valence-electron chi connectivity index (χ4n) is 3.65. The number of hydrogen-bond donors (Lipinski definition) is 1. The zero-order valence-electron chi connectivity index (χ0n) is 15.4. The van der Waals surface area contributed by atoms with Crippen molar-refractivity contribution in [1.82, 2.24) is 5.32 Å². The Labute approximate surface area is 133 Å². The van der Waals surface area contributed by atoms with Crippen molar-refractivity contribution < 1.29 is 4.74 Å². The summed E-state index contributed by atoms with van der Waals surface area (Å²) < 4.78 is 5.60. The Balaban J connectivity index is 2.49. The standard InChI is InChI=1S/C19H39NO/c1-7-14-20-18(12-13-19(4,5)21-6)17-10-8-16(9-11-17)15(2)3/h15-18,20H,7-14H2,1-6H3. The monoisotopic (exact) mass is 297 g/mol. The van der Waals surface area contributed by atoms with Gasteiger partial charge < -0.3 is 10.1 Å². The summed E-state index contributed by atoms with van der Waals surface area (Å²) in [6.45, 7) is 12.6. The summed E-state index contributed by atoms with van der Waals surface area (Å²) in [7, 11) is 1.84. The molecule has 126 valence electrons. The van der Waals surface area contributed by atoms with E-state index in [0.29, 0.717) is 6.04 Å². The molecule has 1 rings (SSSR count). The highest BCUT2D eigenvalue weighted by atomic mass is 16.5. The molecule has 1 fully saturated rings. The van der Waals surface area contributed by atoms with E-state index < -0.39 is 0 Å². The number of nitrogens with one attached hydrogen (secondary N) is 1. The average molecular weight is 298 g/mol. The quantitative estimate of drug-likeness (QED) is 0.645. The second-order valence-electron chi connectivity index (χ2n) is 7.98. The van der Waals surface area contributed by atoms with Crippen molar-refractivity contribution >= 4 is 0 Å². The first kappa shape index (κ1) is 19.0. The zero-order valence-corrected chi connectivity index (χ0v) is 15.4. The van der Waals surface area contributed by atoms with Crippen LogP contribution in [0.5, 0.6) is 0 Å². The lowest BCUT2D eigenvalue weighted by molar-refractivity contribution is 0.00909. The average Bonchev–Trinajstić information content (AvgIpc) is 2.47. The molecule has 0 heterocycles. The van der Waals surface area contributed by atoms with Crippen molar-refractivity contribution in [3.05, 3.63) is 0 Å². The summed E-state index contributed by atoms with van der Waals surface area (Å²) in [4.78, 5) is 0. The molecule has 21 heavy (non-hydrogen) atoms. The maximum Gasteiger partial charge on any atom is 0.0623 e. The summed E-state index contributed by atoms with van der Waals surface area (Å²) in [5, 5.41) is 3.82. The van der Waals surface area contributed by atoms with Gasteiger partial charge in [-0.1, -0.05) is 20.8 Å². The lowest BCUT2D eigenvalue weighted by Gasteiger charge is -2.37. The van der Waals surface area contributed by atoms with E-state index in [1.807, 2.05) is 7.11 Å². The van der Waals surface area contributed by atoms with Crippen LogP contribution in [-0.4, -0.2) is 25.3 Å². The fourth-order valence-corrected chi connectivity index (χ4v) is 3.65. The molecule has 1 N–H and O–H groups in total. The SMILES string of the molecule is CCCNC(CCC(C)(C)OC)C1CCC(C(C)C)CC1. The Bertz CT molecular complexity index is 267. The largest absolute Gasteiger partial charge is 0.379 e. The van der Waals surface area contributed by atoms with Crippen LogP contribution in [0.2, 0.25) is 0 Å². The molecule has 0 bridgehead atoms. The van der Waals surface area contributed by atoms with E-state index in [2.05, 4.69) is 39.9 Å². The summed E-state index contributed by atoms with van der Waals surface area (Å²) in [6, 6.07) is 0.687. The fraction of sp³-hybridized carbons (Fsp3) is 1.00. The van der Waals surface area contributed by atoms with Gasteiger partial charge in [0.1, 0.15) is 0 Å². The minimum Gasteiger partial charge on any atom is -0.379 e. The van der Waals surface area contributed by atoms with Crippen molar-refractivity contribution in [2.24, 2.45) is 17.8 Å². The highest BCUT2D eigenvalue weighted by Crippen LogP contribution is 2.36. The van der Waals surface area contributed by atoms with E-state index in [4.69, 9.17) is 4.74 Å². The van der Waals surface area contributed by atoms with E-state index in [-0.39, 0.29) is 5.60 Å². The van der Waals surface area contributed by atoms with Crippen molar-refractivity contribution in [2.45, 2.75) is 91.2 Å². The molecule has 0 spiro atoms. The zero-order chi connectivity index (χ0) is 15.9. The first-order chi connectivity index (χ1) is 9.89. The number of rotatable bonds is 9. The van der Waals surface area contributed by atoms with E-state index in [1.165, 1.54) is 38.5 Å². The molecule has 2 heteroatoms. The van der Waals surface area contributed by atoms with Crippen LogP contribution in [0.25, 0.3) is 0 Å². The van der Waals surface area contributed by atoms with Crippen molar-refractivity contribution in [2.75, 3.05) is 13.7 Å². The first-order valence-corrected chi connectivity index (χ1v) is 9.18. The number of ether oxygens (including phenoxy) is 1. The summed E-state index contributed by atoms with van der Waals surface area (Å²) in [5.41, 5.74) is 0.0152. The maximum atomic E-state index is 5.60. The van der Waals surface area contributed by atoms with Crippen LogP contribution in [0.4, 0.5) is 0 Å². The molecule has 0 radical (unpaired) electrons. The Kier molecular flexibility index (Phi) is 8.26. The Hall–Kier alpha value is -0.0800. The van der Waals surface area contributed by atoms with Gasteiger partial charge in [0.2, 0.25) is 0 Å². The molecule has 0 aromatic rings. The second kappa shape index (κ2) is 9.15. The smallest absolute Gasteiger partial charge is 0.0623 e. The third kappa shape index (κ3) is 6.69. The van der Waals surface area contributed by atoms with Crippen LogP contribution in [0.3, 0.4) is 0 Å². The van der Waals surface area contributed by atoms with Crippen molar-refractivity contribution in [3.8, 4) is 0 Å². The summed E-state index contributed by atoms with van der Waals surface area (Å²) >= 11 is 0. The van der Waals surface area contributed by atoms with Crippen LogP contribution in [-0.2, 0) is 4.74 Å². The molecule has 0 amide bonds. The second-order valence-corrected chi connectivity index (χ2v) is 7.98. The molecule has 0 aromatic carbocycles. The highest BCUT2D eigenvalue weighted by molar-refractivity contribution is 4.84. The van der Waals surface area contributed by atoms with Crippen LogP contribution >= 0.6 is 0 Å². The minimum atomic E-state index is 0.0152. The molecular formula is C19H39NO. The topological polar surface area (TPSA) is 21.3 Å². The predicted octanol–water partition coefficient (Wildman–Crippen LogP) is 5.02. The van der Waals surface area contributed by atoms with Gasteiger partial charge in [-0.15, -0.1) is 0 Å². The van der Waals surface area contributed by atoms with Gasteiger partial charge in [0, 0.05) is 13.2 Å². The summed E-state index contributed by atoms with van der Waals surface area (Å²) in [6.07, 6.45) is 9.31. The van der Waals surface area contributed by atoms with Gasteiger partial charge in [0.05, 0.1) is 5.60 Å². The lowest BCUT2D eigenvalue weighted by Crippen LogP contribution is -2.40. The van der Waals surface area contributed by atoms with Crippen molar-refractivity contribution in [3.63, 3.8) is 0 Å². The third-order valence-corrected chi connectivity index (χ3v) is 5.59. The van der Waals surface area contributed by atoms with Crippen LogP contribution in [0.15, 0.2) is 0 Å².